The fourth-order valence-electron chi connectivity index (χ4n) is 3.51. The highest BCUT2D eigenvalue weighted by Crippen LogP contribution is 2.21. The molecule has 2 aromatic carbocycles. The molecule has 2 N–H and O–H groups in total. The van der Waals surface area contributed by atoms with Gasteiger partial charge in [-0.3, -0.25) is 4.90 Å². The molecule has 0 aromatic heterocycles. The molecule has 0 unspecified atom stereocenters. The van der Waals surface area contributed by atoms with E-state index in [1.165, 1.54) is 12.1 Å². The topological polar surface area (TPSA) is 78.9 Å². The summed E-state index contributed by atoms with van der Waals surface area (Å²) in [6, 6.07) is 11.4. The highest BCUT2D eigenvalue weighted by molar-refractivity contribution is 7.89. The number of hydrogen-bond acceptors (Lipinski definition) is 5. The molecule has 0 bridgehead atoms. The Bertz CT molecular complexity index is 928. The number of piperidine rings is 1. The van der Waals surface area contributed by atoms with Gasteiger partial charge in [0.05, 0.1) is 11.5 Å². The molecule has 1 saturated heterocycles. The third-order valence-electron chi connectivity index (χ3n) is 5.01. The predicted octanol–water partition coefficient (Wildman–Crippen LogP) is 2.45. The molecule has 1 aliphatic rings. The van der Waals surface area contributed by atoms with Gasteiger partial charge in [0.15, 0.2) is 0 Å². The molecule has 6 nitrogen and oxygen atoms in total. The first kappa shape index (κ1) is 21.7. The Labute approximate surface area is 171 Å². The van der Waals surface area contributed by atoms with Gasteiger partial charge in [0.25, 0.3) is 0 Å². The monoisotopic (exact) mass is 422 g/mol. The fourth-order valence-corrected chi connectivity index (χ4v) is 5.07. The molecule has 29 heavy (non-hydrogen) atoms. The number of rotatable bonds is 8. The summed E-state index contributed by atoms with van der Waals surface area (Å²) in [5, 5.41) is 8.86. The van der Waals surface area contributed by atoms with Gasteiger partial charge < -0.3 is 9.84 Å². The van der Waals surface area contributed by atoms with Crippen LogP contribution in [0.3, 0.4) is 0 Å². The summed E-state index contributed by atoms with van der Waals surface area (Å²) in [4.78, 5) is 2.27. The quantitative estimate of drug-likeness (QED) is 0.683. The van der Waals surface area contributed by atoms with Crippen molar-refractivity contribution in [2.75, 3.05) is 26.3 Å². The third-order valence-corrected chi connectivity index (χ3v) is 6.68. The van der Waals surface area contributed by atoms with E-state index >= 15 is 0 Å². The van der Waals surface area contributed by atoms with Crippen LogP contribution in [0.25, 0.3) is 0 Å². The molecule has 8 heteroatoms. The highest BCUT2D eigenvalue weighted by atomic mass is 32.2. The van der Waals surface area contributed by atoms with Crippen LogP contribution < -0.4 is 9.46 Å². The predicted molar refractivity (Wildman–Crippen MR) is 109 cm³/mol. The number of halogens is 1. The van der Waals surface area contributed by atoms with Crippen LogP contribution in [0.15, 0.2) is 47.4 Å². The van der Waals surface area contributed by atoms with E-state index in [1.54, 1.807) is 6.92 Å². The van der Waals surface area contributed by atoms with Crippen molar-refractivity contribution in [1.82, 2.24) is 9.62 Å². The van der Waals surface area contributed by atoms with E-state index in [4.69, 9.17) is 9.84 Å². The zero-order valence-corrected chi connectivity index (χ0v) is 17.3. The Morgan fingerprint density at radius 3 is 2.69 bits per heavy atom. The molecule has 0 aliphatic carbocycles. The zero-order valence-electron chi connectivity index (χ0n) is 16.5. The molecule has 1 aliphatic heterocycles. The summed E-state index contributed by atoms with van der Waals surface area (Å²) in [7, 11) is -3.75. The summed E-state index contributed by atoms with van der Waals surface area (Å²) in [6.45, 7) is 4.17. The average molecular weight is 423 g/mol. The minimum absolute atomic E-state index is 0.000348. The van der Waals surface area contributed by atoms with Crippen molar-refractivity contribution in [3.05, 3.63) is 59.4 Å². The normalized spacial score (nSPS) is 16.1. The van der Waals surface area contributed by atoms with E-state index in [-0.39, 0.29) is 24.2 Å². The average Bonchev–Trinajstić information content (AvgIpc) is 2.70. The molecule has 3 rings (SSSR count). The maximum Gasteiger partial charge on any atom is 0.241 e. The SMILES string of the molecule is Cc1ccc(F)cc1S(=O)(=O)NC1CCN(Cc2cccc(OCCO)c2)CC1. The number of hydrogen-bond donors (Lipinski definition) is 2. The van der Waals surface area contributed by atoms with Gasteiger partial charge in [0.2, 0.25) is 10.0 Å². The Morgan fingerprint density at radius 1 is 1.21 bits per heavy atom. The molecule has 0 saturated carbocycles. The third kappa shape index (κ3) is 5.99. The van der Waals surface area contributed by atoms with Crippen LogP contribution in [0.1, 0.15) is 24.0 Å². The number of ether oxygens (including phenoxy) is 1. The summed E-state index contributed by atoms with van der Waals surface area (Å²) >= 11 is 0. The van der Waals surface area contributed by atoms with Crippen LogP contribution in [0.4, 0.5) is 4.39 Å². The Balaban J connectivity index is 1.55. The Morgan fingerprint density at radius 2 is 1.97 bits per heavy atom. The number of aliphatic hydroxyl groups is 1. The van der Waals surface area contributed by atoms with E-state index in [9.17, 15) is 12.8 Å². The molecular weight excluding hydrogens is 395 g/mol. The molecule has 0 radical (unpaired) electrons. The van der Waals surface area contributed by atoms with E-state index in [1.807, 2.05) is 24.3 Å². The lowest BCUT2D eigenvalue weighted by molar-refractivity contribution is 0.196. The lowest BCUT2D eigenvalue weighted by Gasteiger charge is -2.32. The molecule has 0 amide bonds. The van der Waals surface area contributed by atoms with Gasteiger partial charge in [0.1, 0.15) is 18.2 Å². The van der Waals surface area contributed by atoms with Crippen LogP contribution in [0.5, 0.6) is 5.75 Å². The van der Waals surface area contributed by atoms with Crippen LogP contribution in [0, 0.1) is 12.7 Å². The molecule has 0 spiro atoms. The van der Waals surface area contributed by atoms with Gasteiger partial charge in [0, 0.05) is 25.7 Å². The van der Waals surface area contributed by atoms with Crippen molar-refractivity contribution in [3.63, 3.8) is 0 Å². The fraction of sp³-hybridized carbons (Fsp3) is 0.429. The zero-order chi connectivity index (χ0) is 20.9. The van der Waals surface area contributed by atoms with Crippen molar-refractivity contribution in [1.29, 1.82) is 0 Å². The lowest BCUT2D eigenvalue weighted by Crippen LogP contribution is -2.44. The molecule has 1 fully saturated rings. The molecule has 1 heterocycles. The second kappa shape index (κ2) is 9.67. The van der Waals surface area contributed by atoms with Crippen molar-refractivity contribution < 1.29 is 22.7 Å². The smallest absolute Gasteiger partial charge is 0.241 e. The number of benzene rings is 2. The summed E-state index contributed by atoms with van der Waals surface area (Å²) in [5.41, 5.74) is 1.63. The van der Waals surface area contributed by atoms with Gasteiger partial charge in [-0.1, -0.05) is 18.2 Å². The minimum Gasteiger partial charge on any atom is -0.491 e. The first-order valence-corrected chi connectivity index (χ1v) is 11.2. The number of sulfonamides is 1. The van der Waals surface area contributed by atoms with Gasteiger partial charge in [-0.25, -0.2) is 17.5 Å². The van der Waals surface area contributed by atoms with E-state index in [2.05, 4.69) is 9.62 Å². The highest BCUT2D eigenvalue weighted by Gasteiger charge is 2.26. The number of aryl methyl sites for hydroxylation is 1. The van der Waals surface area contributed by atoms with Gasteiger partial charge >= 0.3 is 0 Å². The van der Waals surface area contributed by atoms with E-state index in [0.717, 1.165) is 37.0 Å². The number of nitrogens with zero attached hydrogens (tertiary/aromatic N) is 1. The standard InChI is InChI=1S/C21H27FN2O4S/c1-16-5-6-18(22)14-21(16)29(26,27)23-19-7-9-24(10-8-19)15-17-3-2-4-20(13-17)28-12-11-25/h2-6,13-14,19,23,25H,7-12,15H2,1H3. The van der Waals surface area contributed by atoms with Crippen LogP contribution >= 0.6 is 0 Å². The van der Waals surface area contributed by atoms with Gasteiger partial charge in [-0.2, -0.15) is 0 Å². The van der Waals surface area contributed by atoms with Crippen LogP contribution in [-0.4, -0.2) is 50.8 Å². The Kier molecular flexibility index (Phi) is 7.23. The maximum atomic E-state index is 13.5. The Hall–Kier alpha value is -2.00. The maximum absolute atomic E-state index is 13.5. The van der Waals surface area contributed by atoms with Crippen molar-refractivity contribution in [2.45, 2.75) is 37.2 Å². The van der Waals surface area contributed by atoms with Crippen LogP contribution in [-0.2, 0) is 16.6 Å². The largest absolute Gasteiger partial charge is 0.491 e. The number of aliphatic hydroxyl groups excluding tert-OH is 1. The van der Waals surface area contributed by atoms with Gasteiger partial charge in [-0.05, 0) is 55.2 Å². The second-order valence-electron chi connectivity index (χ2n) is 7.30. The molecule has 158 valence electrons. The summed E-state index contributed by atoms with van der Waals surface area (Å²) < 4.78 is 47.0. The van der Waals surface area contributed by atoms with E-state index in [0.29, 0.717) is 18.4 Å². The minimum atomic E-state index is -3.75. The van der Waals surface area contributed by atoms with Crippen molar-refractivity contribution in [2.24, 2.45) is 0 Å². The van der Waals surface area contributed by atoms with Crippen molar-refractivity contribution >= 4 is 10.0 Å². The van der Waals surface area contributed by atoms with Gasteiger partial charge in [-0.15, -0.1) is 0 Å². The molecule has 0 atom stereocenters. The lowest BCUT2D eigenvalue weighted by atomic mass is 10.1. The number of likely N-dealkylation sites (tertiary alicyclic amines) is 1. The number of nitrogens with one attached hydrogen (secondary N) is 1. The summed E-state index contributed by atoms with van der Waals surface area (Å²) in [6.07, 6.45) is 1.38. The first-order valence-electron chi connectivity index (χ1n) is 9.71. The summed E-state index contributed by atoms with van der Waals surface area (Å²) in [5.74, 6) is 0.167. The molecule has 2 aromatic rings. The van der Waals surface area contributed by atoms with Crippen LogP contribution in [0.2, 0.25) is 0 Å². The van der Waals surface area contributed by atoms with Crippen molar-refractivity contribution in [3.8, 4) is 5.75 Å². The second-order valence-corrected chi connectivity index (χ2v) is 8.98. The van der Waals surface area contributed by atoms with E-state index < -0.39 is 15.8 Å². The first-order chi connectivity index (χ1) is 13.9. The molecular formula is C21H27FN2O4S.